The van der Waals surface area contributed by atoms with Gasteiger partial charge in [-0.3, -0.25) is 4.79 Å². The Morgan fingerprint density at radius 1 is 1.20 bits per heavy atom. The second kappa shape index (κ2) is 7.98. The number of nitrogens with one attached hydrogen (secondary N) is 2. The first-order valence-corrected chi connectivity index (χ1v) is 7.86. The molecule has 112 valence electrons. The van der Waals surface area contributed by atoms with Crippen LogP contribution in [0.25, 0.3) is 0 Å². The highest BCUT2D eigenvalue weighted by atomic mass is 32.2. The summed E-state index contributed by atoms with van der Waals surface area (Å²) in [4.78, 5) is 13.7. The summed E-state index contributed by atoms with van der Waals surface area (Å²) in [5, 5.41) is 2.67. The van der Waals surface area contributed by atoms with Gasteiger partial charge in [-0.1, -0.05) is 18.2 Å². The maximum absolute atomic E-state index is 11.9. The van der Waals surface area contributed by atoms with Gasteiger partial charge in [-0.25, -0.2) is 13.1 Å². The standard InChI is InChI=1S/C13H21N3O3S/c1-16(2)10-6-9-14-13(17)11-15-20(18,19)12-7-4-3-5-8-12/h3-5,7-8,15H,6,9-11H2,1-2H3,(H,14,17). The summed E-state index contributed by atoms with van der Waals surface area (Å²) in [6, 6.07) is 7.97. The maximum atomic E-state index is 11.9. The molecule has 0 aromatic heterocycles. The molecule has 1 amide bonds. The zero-order chi connectivity index (χ0) is 15.0. The normalized spacial score (nSPS) is 11.6. The minimum absolute atomic E-state index is 0.153. The van der Waals surface area contributed by atoms with Crippen molar-refractivity contribution in [3.05, 3.63) is 30.3 Å². The number of rotatable bonds is 8. The van der Waals surface area contributed by atoms with Crippen molar-refractivity contribution >= 4 is 15.9 Å². The highest BCUT2D eigenvalue weighted by Gasteiger charge is 2.14. The summed E-state index contributed by atoms with van der Waals surface area (Å²) in [5.41, 5.74) is 0. The molecule has 0 saturated heterocycles. The highest BCUT2D eigenvalue weighted by Crippen LogP contribution is 2.06. The van der Waals surface area contributed by atoms with Crippen LogP contribution in [0.5, 0.6) is 0 Å². The molecule has 0 heterocycles. The molecule has 6 nitrogen and oxygen atoms in total. The van der Waals surface area contributed by atoms with E-state index in [0.29, 0.717) is 6.54 Å². The lowest BCUT2D eigenvalue weighted by molar-refractivity contribution is -0.119. The quantitative estimate of drug-likeness (QED) is 0.664. The fourth-order valence-corrected chi connectivity index (χ4v) is 2.53. The number of benzene rings is 1. The van der Waals surface area contributed by atoms with Crippen molar-refractivity contribution in [1.29, 1.82) is 0 Å². The van der Waals surface area contributed by atoms with Crippen molar-refractivity contribution in [1.82, 2.24) is 14.9 Å². The topological polar surface area (TPSA) is 78.5 Å². The molecule has 1 aromatic carbocycles. The molecule has 0 fully saturated rings. The number of hydrogen-bond acceptors (Lipinski definition) is 4. The van der Waals surface area contributed by atoms with E-state index in [1.807, 2.05) is 19.0 Å². The number of amides is 1. The molecule has 0 atom stereocenters. The summed E-state index contributed by atoms with van der Waals surface area (Å²) < 4.78 is 26.0. The molecule has 0 aliphatic heterocycles. The molecule has 0 unspecified atom stereocenters. The van der Waals surface area contributed by atoms with E-state index < -0.39 is 10.0 Å². The largest absolute Gasteiger partial charge is 0.355 e. The minimum Gasteiger partial charge on any atom is -0.355 e. The summed E-state index contributed by atoms with van der Waals surface area (Å²) in [6.45, 7) is 1.15. The molecule has 0 radical (unpaired) electrons. The van der Waals surface area contributed by atoms with Crippen LogP contribution < -0.4 is 10.0 Å². The van der Waals surface area contributed by atoms with Gasteiger partial charge in [0.1, 0.15) is 0 Å². The van der Waals surface area contributed by atoms with Gasteiger partial charge in [-0.05, 0) is 39.2 Å². The van der Waals surface area contributed by atoms with E-state index in [1.165, 1.54) is 12.1 Å². The van der Waals surface area contributed by atoms with Crippen molar-refractivity contribution in [2.75, 3.05) is 33.7 Å². The van der Waals surface area contributed by atoms with Gasteiger partial charge >= 0.3 is 0 Å². The van der Waals surface area contributed by atoms with Crippen LogP contribution >= 0.6 is 0 Å². The first-order chi connectivity index (χ1) is 9.42. The molecule has 1 rings (SSSR count). The Hall–Kier alpha value is -1.44. The van der Waals surface area contributed by atoms with Crippen LogP contribution in [0.4, 0.5) is 0 Å². The van der Waals surface area contributed by atoms with E-state index in [4.69, 9.17) is 0 Å². The number of nitrogens with zero attached hydrogens (tertiary/aromatic N) is 1. The van der Waals surface area contributed by atoms with Gasteiger partial charge in [-0.15, -0.1) is 0 Å². The molecule has 0 aliphatic carbocycles. The van der Waals surface area contributed by atoms with Gasteiger partial charge in [0.2, 0.25) is 15.9 Å². The van der Waals surface area contributed by atoms with Crippen LogP contribution in [0.2, 0.25) is 0 Å². The van der Waals surface area contributed by atoms with Gasteiger partial charge in [0, 0.05) is 6.54 Å². The Kier molecular flexibility index (Phi) is 6.63. The van der Waals surface area contributed by atoms with Gasteiger partial charge in [-0.2, -0.15) is 0 Å². The zero-order valence-corrected chi connectivity index (χ0v) is 12.6. The Bertz CT molecular complexity index is 515. The van der Waals surface area contributed by atoms with Gasteiger partial charge < -0.3 is 10.2 Å². The van der Waals surface area contributed by atoms with Crippen molar-refractivity contribution < 1.29 is 13.2 Å². The third kappa shape index (κ3) is 6.14. The lowest BCUT2D eigenvalue weighted by Crippen LogP contribution is -2.37. The Morgan fingerprint density at radius 3 is 2.45 bits per heavy atom. The second-order valence-electron chi connectivity index (χ2n) is 4.64. The summed E-state index contributed by atoms with van der Waals surface area (Å²) in [6.07, 6.45) is 0.824. The molecular formula is C13H21N3O3S. The Labute approximate surface area is 120 Å². The molecule has 2 N–H and O–H groups in total. The fourth-order valence-electron chi connectivity index (χ4n) is 1.53. The van der Waals surface area contributed by atoms with Crippen LogP contribution in [0.15, 0.2) is 35.2 Å². The van der Waals surface area contributed by atoms with Crippen molar-refractivity contribution in [3.63, 3.8) is 0 Å². The first-order valence-electron chi connectivity index (χ1n) is 6.38. The molecule has 0 bridgehead atoms. The summed E-state index contributed by atoms with van der Waals surface area (Å²) in [7, 11) is 0.290. The summed E-state index contributed by atoms with van der Waals surface area (Å²) >= 11 is 0. The zero-order valence-electron chi connectivity index (χ0n) is 11.8. The predicted octanol–water partition coefficient (Wildman–Crippen LogP) is 0.0328. The molecule has 0 spiro atoms. The second-order valence-corrected chi connectivity index (χ2v) is 6.41. The van der Waals surface area contributed by atoms with Gasteiger partial charge in [0.25, 0.3) is 0 Å². The lowest BCUT2D eigenvalue weighted by atomic mass is 10.4. The predicted molar refractivity (Wildman–Crippen MR) is 77.8 cm³/mol. The van der Waals surface area contributed by atoms with Crippen molar-refractivity contribution in [2.45, 2.75) is 11.3 Å². The van der Waals surface area contributed by atoms with E-state index >= 15 is 0 Å². The molecule has 20 heavy (non-hydrogen) atoms. The van der Waals surface area contributed by atoms with Gasteiger partial charge in [0.05, 0.1) is 11.4 Å². The number of sulfonamides is 1. The molecule has 1 aromatic rings. The molecular weight excluding hydrogens is 278 g/mol. The monoisotopic (exact) mass is 299 g/mol. The van der Waals surface area contributed by atoms with Crippen LogP contribution in [0.3, 0.4) is 0 Å². The SMILES string of the molecule is CN(C)CCCNC(=O)CNS(=O)(=O)c1ccccc1. The number of carbonyl (C=O) groups excluding carboxylic acids is 1. The molecule has 0 aliphatic rings. The average Bonchev–Trinajstić information content (AvgIpc) is 2.42. The smallest absolute Gasteiger partial charge is 0.241 e. The average molecular weight is 299 g/mol. The number of carbonyl (C=O) groups is 1. The third-order valence-corrected chi connectivity index (χ3v) is 4.00. The van der Waals surface area contributed by atoms with Crippen LogP contribution in [-0.2, 0) is 14.8 Å². The Morgan fingerprint density at radius 2 is 1.85 bits per heavy atom. The third-order valence-electron chi connectivity index (χ3n) is 2.58. The molecule has 7 heteroatoms. The molecule has 0 saturated carbocycles. The van der Waals surface area contributed by atoms with E-state index in [0.717, 1.165) is 13.0 Å². The summed E-state index contributed by atoms with van der Waals surface area (Å²) in [5.74, 6) is -0.330. The van der Waals surface area contributed by atoms with Crippen LogP contribution in [-0.4, -0.2) is 53.0 Å². The van der Waals surface area contributed by atoms with Crippen LogP contribution in [0, 0.1) is 0 Å². The van der Waals surface area contributed by atoms with Crippen LogP contribution in [0.1, 0.15) is 6.42 Å². The number of hydrogen-bond donors (Lipinski definition) is 2. The maximum Gasteiger partial charge on any atom is 0.241 e. The van der Waals surface area contributed by atoms with Crippen molar-refractivity contribution in [2.24, 2.45) is 0 Å². The fraction of sp³-hybridized carbons (Fsp3) is 0.462. The lowest BCUT2D eigenvalue weighted by Gasteiger charge is -2.10. The first kappa shape index (κ1) is 16.6. The van der Waals surface area contributed by atoms with E-state index in [-0.39, 0.29) is 17.3 Å². The Balaban J connectivity index is 2.34. The van der Waals surface area contributed by atoms with Gasteiger partial charge in [0.15, 0.2) is 0 Å². The van der Waals surface area contributed by atoms with Crippen molar-refractivity contribution in [3.8, 4) is 0 Å². The van der Waals surface area contributed by atoms with E-state index in [1.54, 1.807) is 18.2 Å². The van der Waals surface area contributed by atoms with E-state index in [2.05, 4.69) is 10.0 Å². The minimum atomic E-state index is -3.62. The highest BCUT2D eigenvalue weighted by molar-refractivity contribution is 7.89. The van der Waals surface area contributed by atoms with E-state index in [9.17, 15) is 13.2 Å².